The highest BCUT2D eigenvalue weighted by molar-refractivity contribution is 6.24. The molecule has 38 heavy (non-hydrogen) atoms. The van der Waals surface area contributed by atoms with Crippen LogP contribution in [-0.2, 0) is 14.3 Å². The molecule has 0 bridgehead atoms. The number of benzene rings is 3. The van der Waals surface area contributed by atoms with Crippen LogP contribution < -0.4 is 10.2 Å². The van der Waals surface area contributed by atoms with Gasteiger partial charge >= 0.3 is 0 Å². The summed E-state index contributed by atoms with van der Waals surface area (Å²) in [6, 6.07) is 20.8. The van der Waals surface area contributed by atoms with Gasteiger partial charge < -0.3 is 15.0 Å². The fourth-order valence-electron chi connectivity index (χ4n) is 4.63. The maximum Gasteiger partial charge on any atom is 0.269 e. The predicted octanol–water partition coefficient (Wildman–Crippen LogP) is 3.75. The molecule has 0 aromatic heterocycles. The molecule has 5 rings (SSSR count). The Hall–Kier alpha value is -4.41. The Morgan fingerprint density at radius 1 is 1.11 bits per heavy atom. The summed E-state index contributed by atoms with van der Waals surface area (Å²) in [6.45, 7) is 3.04. The molecule has 1 fully saturated rings. The first kappa shape index (κ1) is 25.2. The Morgan fingerprint density at radius 2 is 1.82 bits per heavy atom. The summed E-state index contributed by atoms with van der Waals surface area (Å²) < 4.78 is 5.35. The first-order valence-electron chi connectivity index (χ1n) is 12.3. The fourth-order valence-corrected chi connectivity index (χ4v) is 4.63. The average molecular weight is 514 g/mol. The molecular formula is C28H27N5O5. The Balaban J connectivity index is 1.44. The van der Waals surface area contributed by atoms with Crippen LogP contribution in [0.1, 0.15) is 17.0 Å². The van der Waals surface area contributed by atoms with Crippen molar-refractivity contribution in [2.24, 2.45) is 4.99 Å². The normalized spacial score (nSPS) is 17.6. The third-order valence-corrected chi connectivity index (χ3v) is 6.74. The van der Waals surface area contributed by atoms with Crippen molar-refractivity contribution >= 4 is 40.3 Å². The van der Waals surface area contributed by atoms with Crippen molar-refractivity contribution in [3.05, 3.63) is 94.0 Å². The number of aliphatic imine (C=N–C) groups is 1. The van der Waals surface area contributed by atoms with Crippen LogP contribution in [0, 0.1) is 10.1 Å². The lowest BCUT2D eigenvalue weighted by Gasteiger charge is -2.28. The minimum atomic E-state index is -0.815. The van der Waals surface area contributed by atoms with Gasteiger partial charge in [-0.05, 0) is 35.9 Å². The van der Waals surface area contributed by atoms with Gasteiger partial charge in [-0.3, -0.25) is 29.6 Å². The number of rotatable bonds is 7. The highest BCUT2D eigenvalue weighted by Crippen LogP contribution is 2.38. The number of ether oxygens (including phenoxy) is 1. The van der Waals surface area contributed by atoms with Crippen LogP contribution in [0.4, 0.5) is 22.7 Å². The number of carbonyl (C=O) groups is 2. The lowest BCUT2D eigenvalue weighted by molar-refractivity contribution is -0.384. The second kappa shape index (κ2) is 10.9. The smallest absolute Gasteiger partial charge is 0.269 e. The number of morpholine rings is 1. The van der Waals surface area contributed by atoms with Crippen LogP contribution in [0.25, 0.3) is 0 Å². The number of hydrogen-bond donors (Lipinski definition) is 1. The SMILES string of the molecule is CN(C(=O)CN1CCOCC1)c1ccc(N=C(c2ccccc2)C2C(=O)Nc3ccc([N+](=O)[O-])cc32)cc1. The van der Waals surface area contributed by atoms with Crippen molar-refractivity contribution in [1.82, 2.24) is 4.90 Å². The number of nitrogens with one attached hydrogen (secondary N) is 1. The molecular weight excluding hydrogens is 486 g/mol. The van der Waals surface area contributed by atoms with Gasteiger partial charge in [0.15, 0.2) is 0 Å². The molecule has 3 aromatic rings. The summed E-state index contributed by atoms with van der Waals surface area (Å²) in [6.07, 6.45) is 0. The Morgan fingerprint density at radius 3 is 2.50 bits per heavy atom. The van der Waals surface area contributed by atoms with Gasteiger partial charge in [0.2, 0.25) is 11.8 Å². The third kappa shape index (κ3) is 5.31. The van der Waals surface area contributed by atoms with Crippen LogP contribution in [0.3, 0.4) is 0 Å². The molecule has 10 heteroatoms. The molecule has 2 heterocycles. The number of nitro benzene ring substituents is 1. The van der Waals surface area contributed by atoms with Gasteiger partial charge in [-0.1, -0.05) is 30.3 Å². The van der Waals surface area contributed by atoms with Gasteiger partial charge in [0.1, 0.15) is 5.92 Å². The van der Waals surface area contributed by atoms with E-state index in [4.69, 9.17) is 9.73 Å². The van der Waals surface area contributed by atoms with Gasteiger partial charge in [-0.25, -0.2) is 0 Å². The van der Waals surface area contributed by atoms with Crippen molar-refractivity contribution in [3.8, 4) is 0 Å². The largest absolute Gasteiger partial charge is 0.379 e. The highest BCUT2D eigenvalue weighted by atomic mass is 16.6. The number of non-ortho nitro benzene ring substituents is 1. The lowest BCUT2D eigenvalue weighted by Crippen LogP contribution is -2.43. The third-order valence-electron chi connectivity index (χ3n) is 6.74. The molecule has 10 nitrogen and oxygen atoms in total. The van der Waals surface area contributed by atoms with Gasteiger partial charge in [0, 0.05) is 49.2 Å². The first-order valence-corrected chi connectivity index (χ1v) is 12.3. The van der Waals surface area contributed by atoms with E-state index in [2.05, 4.69) is 10.2 Å². The van der Waals surface area contributed by atoms with Crippen molar-refractivity contribution in [1.29, 1.82) is 0 Å². The predicted molar refractivity (Wildman–Crippen MR) is 144 cm³/mol. The Labute approximate surface area is 219 Å². The standard InChI is InChI=1S/C28H27N5O5/c1-31(25(34)18-32-13-15-38-16-14-32)21-9-7-20(8-10-21)29-27(19-5-3-2-4-6-19)26-23-17-22(33(36)37)11-12-24(23)30-28(26)35/h2-12,17,26H,13-16,18H2,1H3,(H,30,35). The number of hydrogen-bond acceptors (Lipinski definition) is 7. The lowest BCUT2D eigenvalue weighted by atomic mass is 9.90. The van der Waals surface area contributed by atoms with Crippen LogP contribution in [-0.4, -0.2) is 67.2 Å². The molecule has 2 amide bonds. The van der Waals surface area contributed by atoms with Crippen molar-refractivity contribution in [2.75, 3.05) is 50.1 Å². The molecule has 1 saturated heterocycles. The molecule has 1 unspecified atom stereocenters. The Kier molecular flexibility index (Phi) is 7.25. The van der Waals surface area contributed by atoms with Gasteiger partial charge in [0.05, 0.1) is 36.1 Å². The van der Waals surface area contributed by atoms with E-state index in [0.29, 0.717) is 42.4 Å². The zero-order valence-corrected chi connectivity index (χ0v) is 20.9. The van der Waals surface area contributed by atoms with E-state index < -0.39 is 10.8 Å². The molecule has 1 N–H and O–H groups in total. The van der Waals surface area contributed by atoms with Crippen LogP contribution in [0.2, 0.25) is 0 Å². The molecule has 0 radical (unpaired) electrons. The number of anilines is 2. The molecule has 0 aliphatic carbocycles. The van der Waals surface area contributed by atoms with E-state index >= 15 is 0 Å². The molecule has 0 spiro atoms. The molecule has 2 aliphatic rings. The first-order chi connectivity index (χ1) is 18.4. The average Bonchev–Trinajstić information content (AvgIpc) is 3.27. The van der Waals surface area contributed by atoms with Crippen molar-refractivity contribution in [2.45, 2.75) is 5.92 Å². The van der Waals surface area contributed by atoms with Crippen molar-refractivity contribution < 1.29 is 19.2 Å². The quantitative estimate of drug-likeness (QED) is 0.292. The zero-order valence-electron chi connectivity index (χ0n) is 20.9. The number of amides is 2. The molecule has 194 valence electrons. The second-order valence-corrected chi connectivity index (χ2v) is 9.17. The number of carbonyl (C=O) groups excluding carboxylic acids is 2. The second-order valence-electron chi connectivity index (χ2n) is 9.17. The minimum Gasteiger partial charge on any atom is -0.379 e. The zero-order chi connectivity index (χ0) is 26.6. The topological polar surface area (TPSA) is 117 Å². The number of nitro groups is 1. The maximum atomic E-state index is 13.1. The summed E-state index contributed by atoms with van der Waals surface area (Å²) in [5.74, 6) is -1.13. The number of likely N-dealkylation sites (N-methyl/N-ethyl adjacent to an activating group) is 1. The van der Waals surface area contributed by atoms with E-state index in [1.807, 2.05) is 42.5 Å². The summed E-state index contributed by atoms with van der Waals surface area (Å²) in [5.41, 5.74) is 3.48. The van der Waals surface area contributed by atoms with Crippen LogP contribution in [0.15, 0.2) is 77.8 Å². The summed E-state index contributed by atoms with van der Waals surface area (Å²) in [5, 5.41) is 14.2. The van der Waals surface area contributed by atoms with E-state index in [0.717, 1.165) is 24.3 Å². The summed E-state index contributed by atoms with van der Waals surface area (Å²) >= 11 is 0. The fraction of sp³-hybridized carbons (Fsp3) is 0.250. The van der Waals surface area contributed by atoms with Gasteiger partial charge in [-0.2, -0.15) is 0 Å². The van der Waals surface area contributed by atoms with Gasteiger partial charge in [-0.15, -0.1) is 0 Å². The van der Waals surface area contributed by atoms with E-state index in [1.54, 1.807) is 30.1 Å². The van der Waals surface area contributed by atoms with Crippen molar-refractivity contribution in [3.63, 3.8) is 0 Å². The highest BCUT2D eigenvalue weighted by Gasteiger charge is 2.36. The van der Waals surface area contributed by atoms with Crippen LogP contribution >= 0.6 is 0 Å². The summed E-state index contributed by atoms with van der Waals surface area (Å²) in [4.78, 5) is 45.3. The van der Waals surface area contributed by atoms with E-state index in [9.17, 15) is 19.7 Å². The molecule has 3 aromatic carbocycles. The van der Waals surface area contributed by atoms with E-state index in [1.165, 1.54) is 12.1 Å². The summed E-state index contributed by atoms with van der Waals surface area (Å²) in [7, 11) is 1.74. The Bertz CT molecular complexity index is 1380. The van der Waals surface area contributed by atoms with E-state index in [-0.39, 0.29) is 17.5 Å². The molecule has 2 aliphatic heterocycles. The van der Waals surface area contributed by atoms with Crippen LogP contribution in [0.5, 0.6) is 0 Å². The molecule has 0 saturated carbocycles. The minimum absolute atomic E-state index is 0.0195. The maximum absolute atomic E-state index is 13.1. The molecule has 1 atom stereocenters. The number of nitrogens with zero attached hydrogens (tertiary/aromatic N) is 4. The van der Waals surface area contributed by atoms with Gasteiger partial charge in [0.25, 0.3) is 5.69 Å². The number of fused-ring (bicyclic) bond motifs is 1. The monoisotopic (exact) mass is 513 g/mol.